The van der Waals surface area contributed by atoms with Crippen molar-refractivity contribution in [3.8, 4) is 0 Å². The van der Waals surface area contributed by atoms with Crippen molar-refractivity contribution in [1.29, 1.82) is 0 Å². The zero-order chi connectivity index (χ0) is 16.6. The quantitative estimate of drug-likeness (QED) is 0.798. The van der Waals surface area contributed by atoms with Crippen LogP contribution in [0.5, 0.6) is 0 Å². The second kappa shape index (κ2) is 6.51. The molecule has 2 atom stereocenters. The summed E-state index contributed by atoms with van der Waals surface area (Å²) in [5.41, 5.74) is 0.0847. The number of carbonyl (C=O) groups is 1. The minimum atomic E-state index is -1.15. The molecule has 0 aliphatic carbocycles. The number of hydrogen-bond acceptors (Lipinski definition) is 5. The number of morpholine rings is 1. The van der Waals surface area contributed by atoms with Gasteiger partial charge in [0, 0.05) is 18.7 Å². The van der Waals surface area contributed by atoms with Crippen LogP contribution in [0.25, 0.3) is 0 Å². The molecule has 0 aromatic heterocycles. The van der Waals surface area contributed by atoms with Crippen LogP contribution in [-0.2, 0) is 14.2 Å². The van der Waals surface area contributed by atoms with Crippen molar-refractivity contribution in [3.63, 3.8) is 0 Å². The lowest BCUT2D eigenvalue weighted by atomic mass is 10.0. The van der Waals surface area contributed by atoms with Crippen LogP contribution in [0.2, 0.25) is 0 Å². The number of aldehydes is 1. The van der Waals surface area contributed by atoms with Crippen LogP contribution >= 0.6 is 0 Å². The number of anilines is 1. The monoisotopic (exact) mass is 327 g/mol. The minimum Gasteiger partial charge on any atom is -0.372 e. The molecular weight excluding hydrogens is 308 g/mol. The number of halogens is 2. The Balaban J connectivity index is 2.09. The highest BCUT2D eigenvalue weighted by Gasteiger charge is 2.33. The fourth-order valence-electron chi connectivity index (χ4n) is 3.14. The fourth-order valence-corrected chi connectivity index (χ4v) is 3.14. The van der Waals surface area contributed by atoms with Crippen LogP contribution in [0.4, 0.5) is 14.5 Å². The summed E-state index contributed by atoms with van der Waals surface area (Å²) in [6, 6.07) is 1.31. The molecule has 3 rings (SSSR count). The van der Waals surface area contributed by atoms with E-state index in [2.05, 4.69) is 0 Å². The van der Waals surface area contributed by atoms with Gasteiger partial charge in [-0.05, 0) is 19.9 Å². The Morgan fingerprint density at radius 2 is 1.74 bits per heavy atom. The maximum absolute atomic E-state index is 14.7. The van der Waals surface area contributed by atoms with Crippen LogP contribution in [0, 0.1) is 11.6 Å². The Hall–Kier alpha value is -1.57. The molecule has 2 aliphatic heterocycles. The van der Waals surface area contributed by atoms with Crippen molar-refractivity contribution in [2.45, 2.75) is 32.3 Å². The largest absolute Gasteiger partial charge is 0.372 e. The van der Waals surface area contributed by atoms with Gasteiger partial charge in [0.2, 0.25) is 0 Å². The predicted octanol–water partition coefficient (Wildman–Crippen LogP) is 2.44. The summed E-state index contributed by atoms with van der Waals surface area (Å²) in [6.45, 7) is 5.32. The molecule has 5 nitrogen and oxygen atoms in total. The molecule has 7 heteroatoms. The number of ether oxygens (including phenoxy) is 3. The molecular formula is C16H19F2NO4. The summed E-state index contributed by atoms with van der Waals surface area (Å²) in [4.78, 5) is 12.7. The maximum atomic E-state index is 14.7. The normalized spacial score (nSPS) is 25.8. The van der Waals surface area contributed by atoms with Gasteiger partial charge >= 0.3 is 0 Å². The van der Waals surface area contributed by atoms with E-state index in [1.165, 1.54) is 6.07 Å². The third kappa shape index (κ3) is 3.08. The molecule has 2 fully saturated rings. The fraction of sp³-hybridized carbons (Fsp3) is 0.562. The summed E-state index contributed by atoms with van der Waals surface area (Å²) in [6.07, 6.45) is -0.742. The van der Waals surface area contributed by atoms with E-state index in [-0.39, 0.29) is 23.5 Å². The van der Waals surface area contributed by atoms with Crippen molar-refractivity contribution >= 4 is 12.0 Å². The molecule has 0 saturated carbocycles. The molecule has 0 amide bonds. The first kappa shape index (κ1) is 16.3. The molecule has 23 heavy (non-hydrogen) atoms. The first-order valence-corrected chi connectivity index (χ1v) is 7.62. The lowest BCUT2D eigenvalue weighted by Crippen LogP contribution is -2.46. The summed E-state index contributed by atoms with van der Waals surface area (Å²) in [5.74, 6) is -2.20. The highest BCUT2D eigenvalue weighted by molar-refractivity contribution is 5.78. The van der Waals surface area contributed by atoms with E-state index < -0.39 is 17.9 Å². The van der Waals surface area contributed by atoms with Gasteiger partial charge in [-0.2, -0.15) is 0 Å². The summed E-state index contributed by atoms with van der Waals surface area (Å²) < 4.78 is 45.3. The van der Waals surface area contributed by atoms with E-state index in [1.807, 2.05) is 13.8 Å². The van der Waals surface area contributed by atoms with Gasteiger partial charge in [0.05, 0.1) is 36.7 Å². The van der Waals surface area contributed by atoms with Crippen LogP contribution in [-0.4, -0.2) is 44.8 Å². The number of benzene rings is 1. The first-order valence-electron chi connectivity index (χ1n) is 7.62. The number of hydrogen-bond donors (Lipinski definition) is 0. The maximum Gasteiger partial charge on any atom is 0.186 e. The lowest BCUT2D eigenvalue weighted by molar-refractivity contribution is -0.0447. The highest BCUT2D eigenvalue weighted by atomic mass is 19.2. The van der Waals surface area contributed by atoms with Gasteiger partial charge < -0.3 is 19.1 Å². The highest BCUT2D eigenvalue weighted by Crippen LogP contribution is 2.37. The Bertz CT molecular complexity index is 594. The Morgan fingerprint density at radius 3 is 2.30 bits per heavy atom. The Morgan fingerprint density at radius 1 is 1.13 bits per heavy atom. The average molecular weight is 327 g/mol. The molecule has 2 aliphatic rings. The molecule has 0 radical (unpaired) electrons. The second-order valence-electron chi connectivity index (χ2n) is 5.89. The molecule has 1 aromatic carbocycles. The van der Waals surface area contributed by atoms with Crippen molar-refractivity contribution < 1.29 is 27.8 Å². The number of carbonyl (C=O) groups excluding carboxylic acids is 1. The average Bonchev–Trinajstić information content (AvgIpc) is 3.02. The molecule has 0 unspecified atom stereocenters. The standard InChI is InChI=1S/C16H19F2NO4/c1-9-6-19(7-10(2)23-9)15-12(16-21-3-4-22-16)5-11(8-20)13(17)14(15)18/h5,8-10,16H,3-4,6-7H2,1-2H3/t9-,10+. The summed E-state index contributed by atoms with van der Waals surface area (Å²) >= 11 is 0. The molecule has 0 bridgehead atoms. The molecule has 0 N–H and O–H groups in total. The smallest absolute Gasteiger partial charge is 0.186 e. The van der Waals surface area contributed by atoms with E-state index in [1.54, 1.807) is 4.90 Å². The number of nitrogens with zero attached hydrogens (tertiary/aromatic N) is 1. The zero-order valence-electron chi connectivity index (χ0n) is 13.1. The Kier molecular flexibility index (Phi) is 4.61. The van der Waals surface area contributed by atoms with Crippen LogP contribution in [0.15, 0.2) is 6.07 Å². The molecule has 1 aromatic rings. The van der Waals surface area contributed by atoms with Gasteiger partial charge in [0.1, 0.15) is 0 Å². The van der Waals surface area contributed by atoms with Gasteiger partial charge in [-0.3, -0.25) is 4.79 Å². The van der Waals surface area contributed by atoms with Crippen molar-refractivity contribution in [2.24, 2.45) is 0 Å². The van der Waals surface area contributed by atoms with Crippen LogP contribution in [0.3, 0.4) is 0 Å². The SMILES string of the molecule is C[C@@H]1CN(c2c(C3OCCO3)cc(C=O)c(F)c2F)C[C@H](C)O1. The second-order valence-corrected chi connectivity index (χ2v) is 5.89. The van der Waals surface area contributed by atoms with E-state index in [0.29, 0.717) is 38.2 Å². The third-order valence-corrected chi connectivity index (χ3v) is 3.98. The molecule has 126 valence electrons. The predicted molar refractivity (Wildman–Crippen MR) is 78.6 cm³/mol. The lowest BCUT2D eigenvalue weighted by Gasteiger charge is -2.38. The molecule has 2 heterocycles. The van der Waals surface area contributed by atoms with Gasteiger partial charge in [-0.25, -0.2) is 8.78 Å². The van der Waals surface area contributed by atoms with Crippen LogP contribution in [0.1, 0.15) is 36.1 Å². The van der Waals surface area contributed by atoms with E-state index in [0.717, 1.165) is 0 Å². The van der Waals surface area contributed by atoms with Crippen molar-refractivity contribution in [1.82, 2.24) is 0 Å². The van der Waals surface area contributed by atoms with Crippen molar-refractivity contribution in [2.75, 3.05) is 31.2 Å². The van der Waals surface area contributed by atoms with E-state index in [9.17, 15) is 13.6 Å². The van der Waals surface area contributed by atoms with E-state index in [4.69, 9.17) is 14.2 Å². The van der Waals surface area contributed by atoms with Gasteiger partial charge in [-0.1, -0.05) is 0 Å². The van der Waals surface area contributed by atoms with Gasteiger partial charge in [0.25, 0.3) is 0 Å². The summed E-state index contributed by atoms with van der Waals surface area (Å²) in [7, 11) is 0. The molecule has 2 saturated heterocycles. The third-order valence-electron chi connectivity index (χ3n) is 3.98. The first-order chi connectivity index (χ1) is 11.0. The van der Waals surface area contributed by atoms with Crippen molar-refractivity contribution in [3.05, 3.63) is 28.8 Å². The number of rotatable bonds is 3. The summed E-state index contributed by atoms with van der Waals surface area (Å²) in [5, 5.41) is 0. The van der Waals surface area contributed by atoms with E-state index >= 15 is 0 Å². The topological polar surface area (TPSA) is 48.0 Å². The Labute approximate surface area is 133 Å². The van der Waals surface area contributed by atoms with Gasteiger partial charge in [0.15, 0.2) is 24.2 Å². The minimum absolute atomic E-state index is 0.0852. The van der Waals surface area contributed by atoms with Gasteiger partial charge in [-0.15, -0.1) is 0 Å². The zero-order valence-corrected chi connectivity index (χ0v) is 13.1. The van der Waals surface area contributed by atoms with Crippen LogP contribution < -0.4 is 4.90 Å². The molecule has 0 spiro atoms.